The van der Waals surface area contributed by atoms with Gasteiger partial charge in [-0.2, -0.15) is 12.6 Å². The van der Waals surface area contributed by atoms with Crippen molar-refractivity contribution in [3.05, 3.63) is 0 Å². The lowest BCUT2D eigenvalue weighted by Gasteiger charge is -2.25. The summed E-state index contributed by atoms with van der Waals surface area (Å²) in [6, 6.07) is -5.86. The Bertz CT molecular complexity index is 602. The molecular formula is C14H25N5O8S. The number of nitrogens with two attached hydrogens (primary N) is 2. The minimum Gasteiger partial charge on any atom is -0.480 e. The normalized spacial score (nSPS) is 16.0. The highest BCUT2D eigenvalue weighted by Gasteiger charge is 2.32. The van der Waals surface area contributed by atoms with Gasteiger partial charge in [-0.25, -0.2) is 4.79 Å². The molecule has 13 nitrogen and oxygen atoms in total. The third-order valence-corrected chi connectivity index (χ3v) is 3.82. The van der Waals surface area contributed by atoms with Crippen LogP contribution < -0.4 is 27.4 Å². The molecule has 4 amide bonds. The minimum atomic E-state index is -1.67. The predicted octanol–water partition coefficient (Wildman–Crippen LogP) is -4.97. The van der Waals surface area contributed by atoms with Crippen molar-refractivity contribution in [2.45, 2.75) is 43.6 Å². The van der Waals surface area contributed by atoms with Gasteiger partial charge in [0, 0.05) is 5.75 Å². The standard InChI is InChI=1S/C14H25N5O8S/c1-5(21)10(19-11(23)6(15)4-28)13(25)18-8(3-20)12(24)17-7(14(26)27)2-9(16)22/h5-8,10,20-21,28H,2-4,15H2,1H3,(H2,16,22)(H,17,24)(H,18,25)(H,19,23)(H,26,27). The molecule has 0 saturated heterocycles. The first-order valence-corrected chi connectivity index (χ1v) is 8.65. The number of carbonyl (C=O) groups is 5. The summed E-state index contributed by atoms with van der Waals surface area (Å²) in [5.41, 5.74) is 10.4. The van der Waals surface area contributed by atoms with Crippen LogP contribution in [0.3, 0.4) is 0 Å². The number of thiol groups is 1. The molecule has 160 valence electrons. The molecule has 0 bridgehead atoms. The van der Waals surface area contributed by atoms with Crippen LogP contribution in [-0.2, 0) is 24.0 Å². The Hall–Kier alpha value is -2.42. The number of hydrogen-bond acceptors (Lipinski definition) is 9. The molecule has 0 aliphatic rings. The van der Waals surface area contributed by atoms with E-state index >= 15 is 0 Å². The lowest BCUT2D eigenvalue weighted by molar-refractivity contribution is -0.144. The second-order valence-corrected chi connectivity index (χ2v) is 6.19. The van der Waals surface area contributed by atoms with E-state index in [1.54, 1.807) is 0 Å². The predicted molar refractivity (Wildman–Crippen MR) is 97.8 cm³/mol. The van der Waals surface area contributed by atoms with E-state index < -0.39 is 72.9 Å². The molecule has 5 unspecified atom stereocenters. The second-order valence-electron chi connectivity index (χ2n) is 5.83. The van der Waals surface area contributed by atoms with Crippen LogP contribution in [0.15, 0.2) is 0 Å². The smallest absolute Gasteiger partial charge is 0.326 e. The van der Waals surface area contributed by atoms with Crippen molar-refractivity contribution in [1.29, 1.82) is 0 Å². The number of carboxylic acid groups (broad SMARTS) is 1. The van der Waals surface area contributed by atoms with Crippen LogP contribution in [-0.4, -0.2) is 87.5 Å². The first-order chi connectivity index (χ1) is 12.9. The lowest BCUT2D eigenvalue weighted by atomic mass is 10.1. The fourth-order valence-electron chi connectivity index (χ4n) is 1.88. The van der Waals surface area contributed by atoms with E-state index in [2.05, 4.69) is 23.3 Å². The number of hydrogen-bond donors (Lipinski definition) is 9. The molecule has 28 heavy (non-hydrogen) atoms. The van der Waals surface area contributed by atoms with Gasteiger partial charge in [0.15, 0.2) is 0 Å². The Morgan fingerprint density at radius 3 is 1.93 bits per heavy atom. The van der Waals surface area contributed by atoms with E-state index in [1.165, 1.54) is 6.92 Å². The van der Waals surface area contributed by atoms with Gasteiger partial charge in [0.05, 0.1) is 25.2 Å². The number of rotatable bonds is 12. The molecule has 0 saturated carbocycles. The number of nitrogens with one attached hydrogen (secondary N) is 3. The van der Waals surface area contributed by atoms with Crippen LogP contribution in [0.4, 0.5) is 0 Å². The number of amides is 4. The van der Waals surface area contributed by atoms with E-state index in [-0.39, 0.29) is 5.75 Å². The molecular weight excluding hydrogens is 398 g/mol. The number of carbonyl (C=O) groups excluding carboxylic acids is 4. The third kappa shape index (κ3) is 8.51. The SMILES string of the molecule is CC(O)C(NC(=O)C(N)CS)C(=O)NC(CO)C(=O)NC(CC(N)=O)C(=O)O. The Balaban J connectivity index is 5.15. The fourth-order valence-corrected chi connectivity index (χ4v) is 2.04. The fraction of sp³-hybridized carbons (Fsp3) is 0.643. The highest BCUT2D eigenvalue weighted by Crippen LogP contribution is 1.99. The maximum absolute atomic E-state index is 12.3. The van der Waals surface area contributed by atoms with Gasteiger partial charge in [0.2, 0.25) is 23.6 Å². The van der Waals surface area contributed by atoms with E-state index in [9.17, 15) is 34.2 Å². The van der Waals surface area contributed by atoms with Gasteiger partial charge >= 0.3 is 5.97 Å². The molecule has 0 rings (SSSR count). The highest BCUT2D eigenvalue weighted by atomic mass is 32.1. The summed E-state index contributed by atoms with van der Waals surface area (Å²) < 4.78 is 0. The molecule has 0 aromatic carbocycles. The molecule has 5 atom stereocenters. The zero-order valence-electron chi connectivity index (χ0n) is 15.0. The van der Waals surface area contributed by atoms with E-state index in [1.807, 2.05) is 5.32 Å². The van der Waals surface area contributed by atoms with Crippen LogP contribution in [0.1, 0.15) is 13.3 Å². The summed E-state index contributed by atoms with van der Waals surface area (Å²) in [7, 11) is 0. The molecule has 0 aliphatic heterocycles. The molecule has 0 aromatic heterocycles. The summed E-state index contributed by atoms with van der Waals surface area (Å²) in [5.74, 6) is -5.51. The summed E-state index contributed by atoms with van der Waals surface area (Å²) >= 11 is 3.83. The van der Waals surface area contributed by atoms with Crippen LogP contribution >= 0.6 is 12.6 Å². The second kappa shape index (κ2) is 12.1. The number of primary amides is 1. The minimum absolute atomic E-state index is 0.0297. The topological polar surface area (TPSA) is 234 Å². The van der Waals surface area contributed by atoms with Gasteiger partial charge < -0.3 is 42.7 Å². The number of carboxylic acids is 1. The summed E-state index contributed by atoms with van der Waals surface area (Å²) in [5, 5.41) is 34.2. The van der Waals surface area contributed by atoms with Crippen LogP contribution in [0, 0.1) is 0 Å². The Morgan fingerprint density at radius 2 is 1.54 bits per heavy atom. The first kappa shape index (κ1) is 25.6. The first-order valence-electron chi connectivity index (χ1n) is 8.02. The maximum atomic E-state index is 12.3. The van der Waals surface area contributed by atoms with E-state index in [4.69, 9.17) is 16.6 Å². The molecule has 0 heterocycles. The molecule has 14 heteroatoms. The molecule has 10 N–H and O–H groups in total. The summed E-state index contributed by atoms with van der Waals surface area (Å²) in [4.78, 5) is 58.1. The molecule has 0 fully saturated rings. The van der Waals surface area contributed by atoms with Crippen molar-refractivity contribution < 1.29 is 39.3 Å². The van der Waals surface area contributed by atoms with Crippen molar-refractivity contribution in [3.63, 3.8) is 0 Å². The Labute approximate surface area is 165 Å². The zero-order valence-corrected chi connectivity index (χ0v) is 15.9. The zero-order chi connectivity index (χ0) is 22.0. The molecule has 0 aliphatic carbocycles. The Kier molecular flexibility index (Phi) is 11.1. The van der Waals surface area contributed by atoms with Crippen molar-refractivity contribution in [1.82, 2.24) is 16.0 Å². The number of aliphatic hydroxyl groups is 2. The summed E-state index contributed by atoms with van der Waals surface area (Å²) in [6.07, 6.45) is -2.10. The van der Waals surface area contributed by atoms with Gasteiger partial charge in [-0.15, -0.1) is 0 Å². The number of aliphatic carboxylic acids is 1. The third-order valence-electron chi connectivity index (χ3n) is 3.43. The maximum Gasteiger partial charge on any atom is 0.326 e. The summed E-state index contributed by atoms with van der Waals surface area (Å²) in [6.45, 7) is 0.259. The van der Waals surface area contributed by atoms with Gasteiger partial charge in [-0.1, -0.05) is 0 Å². The monoisotopic (exact) mass is 423 g/mol. The van der Waals surface area contributed by atoms with E-state index in [0.717, 1.165) is 0 Å². The lowest BCUT2D eigenvalue weighted by Crippen LogP contribution is -2.60. The average Bonchev–Trinajstić information content (AvgIpc) is 2.61. The number of aliphatic hydroxyl groups excluding tert-OH is 2. The Morgan fingerprint density at radius 1 is 1.00 bits per heavy atom. The van der Waals surface area contributed by atoms with Crippen molar-refractivity contribution in [3.8, 4) is 0 Å². The van der Waals surface area contributed by atoms with Crippen molar-refractivity contribution in [2.75, 3.05) is 12.4 Å². The van der Waals surface area contributed by atoms with Gasteiger partial charge in [-0.05, 0) is 6.92 Å². The average molecular weight is 423 g/mol. The van der Waals surface area contributed by atoms with Crippen molar-refractivity contribution in [2.24, 2.45) is 11.5 Å². The highest BCUT2D eigenvalue weighted by molar-refractivity contribution is 7.80. The van der Waals surface area contributed by atoms with Crippen LogP contribution in [0.5, 0.6) is 0 Å². The largest absolute Gasteiger partial charge is 0.480 e. The molecule has 0 radical (unpaired) electrons. The van der Waals surface area contributed by atoms with Gasteiger partial charge in [0.25, 0.3) is 0 Å². The van der Waals surface area contributed by atoms with E-state index in [0.29, 0.717) is 0 Å². The van der Waals surface area contributed by atoms with Crippen LogP contribution in [0.25, 0.3) is 0 Å². The molecule has 0 spiro atoms. The van der Waals surface area contributed by atoms with Crippen LogP contribution in [0.2, 0.25) is 0 Å². The van der Waals surface area contributed by atoms with Crippen molar-refractivity contribution >= 4 is 42.2 Å². The van der Waals surface area contributed by atoms with Gasteiger partial charge in [0.1, 0.15) is 18.1 Å². The quantitative estimate of drug-likeness (QED) is 0.136. The molecule has 0 aromatic rings. The van der Waals surface area contributed by atoms with Gasteiger partial charge in [-0.3, -0.25) is 19.2 Å².